The Balaban J connectivity index is 1.56. The Labute approximate surface area is 108 Å². The standard InChI is InChI=1S/C15H20N2O/c18-15-7-6-14-13(16-15)9-11-17(14)10-8-12-4-2-1-3-5-12/h1-5,13-14H,6-11H2,(H,16,18)/t13-,14-/m1/s1. The summed E-state index contributed by atoms with van der Waals surface area (Å²) in [5, 5.41) is 3.13. The maximum Gasteiger partial charge on any atom is 0.220 e. The third-order valence-corrected chi connectivity index (χ3v) is 4.20. The fourth-order valence-electron chi connectivity index (χ4n) is 3.22. The number of carbonyl (C=O) groups excluding carboxylic acids is 1. The van der Waals surface area contributed by atoms with E-state index in [1.54, 1.807) is 0 Å². The number of likely N-dealkylation sites (tertiary alicyclic amines) is 1. The molecule has 18 heavy (non-hydrogen) atoms. The first-order chi connectivity index (χ1) is 8.83. The molecule has 1 N–H and O–H groups in total. The second kappa shape index (κ2) is 5.11. The fourth-order valence-corrected chi connectivity index (χ4v) is 3.22. The molecule has 0 aliphatic carbocycles. The average molecular weight is 244 g/mol. The van der Waals surface area contributed by atoms with E-state index in [1.807, 2.05) is 0 Å². The molecule has 96 valence electrons. The number of piperidine rings is 1. The van der Waals surface area contributed by atoms with Gasteiger partial charge in [-0.15, -0.1) is 0 Å². The van der Waals surface area contributed by atoms with Crippen LogP contribution in [0.3, 0.4) is 0 Å². The van der Waals surface area contributed by atoms with Crippen molar-refractivity contribution in [2.45, 2.75) is 37.8 Å². The lowest BCUT2D eigenvalue weighted by Crippen LogP contribution is -2.49. The molecule has 2 fully saturated rings. The maximum absolute atomic E-state index is 11.4. The molecule has 2 aliphatic rings. The molecular weight excluding hydrogens is 224 g/mol. The summed E-state index contributed by atoms with van der Waals surface area (Å²) in [5.41, 5.74) is 1.40. The summed E-state index contributed by atoms with van der Waals surface area (Å²) in [4.78, 5) is 13.9. The lowest BCUT2D eigenvalue weighted by Gasteiger charge is -2.32. The van der Waals surface area contributed by atoms with E-state index in [1.165, 1.54) is 5.56 Å². The normalized spacial score (nSPS) is 27.9. The summed E-state index contributed by atoms with van der Waals surface area (Å²) < 4.78 is 0. The lowest BCUT2D eigenvalue weighted by atomic mass is 9.99. The molecule has 0 aromatic heterocycles. The molecule has 2 heterocycles. The van der Waals surface area contributed by atoms with Crippen LogP contribution >= 0.6 is 0 Å². The van der Waals surface area contributed by atoms with Gasteiger partial charge in [0.15, 0.2) is 0 Å². The first-order valence-electron chi connectivity index (χ1n) is 6.90. The number of benzene rings is 1. The maximum atomic E-state index is 11.4. The van der Waals surface area contributed by atoms with Crippen LogP contribution in [0, 0.1) is 0 Å². The minimum Gasteiger partial charge on any atom is -0.352 e. The highest BCUT2D eigenvalue weighted by Gasteiger charge is 2.37. The SMILES string of the molecule is O=C1CC[C@@H]2[C@@H](CCN2CCc2ccccc2)N1. The van der Waals surface area contributed by atoms with E-state index >= 15 is 0 Å². The monoisotopic (exact) mass is 244 g/mol. The van der Waals surface area contributed by atoms with Crippen LogP contribution in [0.25, 0.3) is 0 Å². The van der Waals surface area contributed by atoms with Gasteiger partial charge in [0.25, 0.3) is 0 Å². The Kier molecular flexibility index (Phi) is 3.33. The molecule has 0 unspecified atom stereocenters. The van der Waals surface area contributed by atoms with E-state index < -0.39 is 0 Å². The summed E-state index contributed by atoms with van der Waals surface area (Å²) in [6.07, 6.45) is 3.96. The Bertz CT molecular complexity index is 418. The Morgan fingerprint density at radius 3 is 2.89 bits per heavy atom. The van der Waals surface area contributed by atoms with Crippen LogP contribution in [0.15, 0.2) is 30.3 Å². The van der Waals surface area contributed by atoms with Gasteiger partial charge in [-0.05, 0) is 24.8 Å². The Morgan fingerprint density at radius 1 is 1.22 bits per heavy atom. The molecule has 2 saturated heterocycles. The van der Waals surface area contributed by atoms with Gasteiger partial charge >= 0.3 is 0 Å². The zero-order valence-corrected chi connectivity index (χ0v) is 10.6. The molecule has 3 heteroatoms. The Hall–Kier alpha value is -1.35. The van der Waals surface area contributed by atoms with E-state index in [9.17, 15) is 4.79 Å². The highest BCUT2D eigenvalue weighted by molar-refractivity contribution is 5.77. The van der Waals surface area contributed by atoms with Gasteiger partial charge in [0.1, 0.15) is 0 Å². The number of hydrogen-bond donors (Lipinski definition) is 1. The molecule has 3 nitrogen and oxygen atoms in total. The predicted octanol–water partition coefficient (Wildman–Crippen LogP) is 1.58. The number of hydrogen-bond acceptors (Lipinski definition) is 2. The molecule has 0 radical (unpaired) electrons. The summed E-state index contributed by atoms with van der Waals surface area (Å²) in [7, 11) is 0. The van der Waals surface area contributed by atoms with Crippen molar-refractivity contribution in [2.24, 2.45) is 0 Å². The van der Waals surface area contributed by atoms with Gasteiger partial charge < -0.3 is 5.32 Å². The van der Waals surface area contributed by atoms with Crippen LogP contribution in [0.2, 0.25) is 0 Å². The average Bonchev–Trinajstić information content (AvgIpc) is 2.80. The first kappa shape index (κ1) is 11.7. The number of fused-ring (bicyclic) bond motifs is 1. The molecule has 0 bridgehead atoms. The minimum absolute atomic E-state index is 0.237. The minimum atomic E-state index is 0.237. The molecule has 1 amide bonds. The molecule has 2 atom stereocenters. The molecule has 1 aromatic rings. The van der Waals surface area contributed by atoms with Crippen LogP contribution in [-0.4, -0.2) is 36.0 Å². The van der Waals surface area contributed by atoms with Gasteiger partial charge in [0, 0.05) is 31.6 Å². The smallest absolute Gasteiger partial charge is 0.220 e. The van der Waals surface area contributed by atoms with Crippen molar-refractivity contribution in [1.82, 2.24) is 10.2 Å². The second-order valence-corrected chi connectivity index (χ2v) is 5.34. The number of nitrogens with zero attached hydrogens (tertiary/aromatic N) is 1. The van der Waals surface area contributed by atoms with Crippen molar-refractivity contribution in [2.75, 3.05) is 13.1 Å². The van der Waals surface area contributed by atoms with E-state index in [4.69, 9.17) is 0 Å². The van der Waals surface area contributed by atoms with Gasteiger partial charge in [0.05, 0.1) is 0 Å². The number of nitrogens with one attached hydrogen (secondary N) is 1. The van der Waals surface area contributed by atoms with Gasteiger partial charge in [-0.2, -0.15) is 0 Å². The molecule has 0 saturated carbocycles. The summed E-state index contributed by atoms with van der Waals surface area (Å²) in [6.45, 7) is 2.24. The topological polar surface area (TPSA) is 32.3 Å². The zero-order valence-electron chi connectivity index (χ0n) is 10.6. The van der Waals surface area contributed by atoms with Gasteiger partial charge in [0.2, 0.25) is 5.91 Å². The Morgan fingerprint density at radius 2 is 2.06 bits per heavy atom. The molecular formula is C15H20N2O. The van der Waals surface area contributed by atoms with E-state index in [0.29, 0.717) is 18.5 Å². The number of carbonyl (C=O) groups is 1. The molecule has 0 spiro atoms. The fraction of sp³-hybridized carbons (Fsp3) is 0.533. The van der Waals surface area contributed by atoms with E-state index in [0.717, 1.165) is 32.4 Å². The first-order valence-corrected chi connectivity index (χ1v) is 6.90. The van der Waals surface area contributed by atoms with Crippen molar-refractivity contribution in [3.05, 3.63) is 35.9 Å². The summed E-state index contributed by atoms with van der Waals surface area (Å²) in [5.74, 6) is 0.237. The number of rotatable bonds is 3. The van der Waals surface area contributed by atoms with Crippen molar-refractivity contribution in [3.63, 3.8) is 0 Å². The van der Waals surface area contributed by atoms with Crippen molar-refractivity contribution < 1.29 is 4.79 Å². The summed E-state index contributed by atoms with van der Waals surface area (Å²) >= 11 is 0. The molecule has 1 aromatic carbocycles. The quantitative estimate of drug-likeness (QED) is 0.875. The lowest BCUT2D eigenvalue weighted by molar-refractivity contribution is -0.123. The third-order valence-electron chi connectivity index (χ3n) is 4.20. The highest BCUT2D eigenvalue weighted by Crippen LogP contribution is 2.25. The van der Waals surface area contributed by atoms with Crippen LogP contribution in [0.4, 0.5) is 0 Å². The predicted molar refractivity (Wildman–Crippen MR) is 71.3 cm³/mol. The largest absolute Gasteiger partial charge is 0.352 e. The van der Waals surface area contributed by atoms with Crippen molar-refractivity contribution in [1.29, 1.82) is 0 Å². The zero-order chi connectivity index (χ0) is 12.4. The molecule has 2 aliphatic heterocycles. The highest BCUT2D eigenvalue weighted by atomic mass is 16.1. The van der Waals surface area contributed by atoms with E-state index in [2.05, 4.69) is 40.5 Å². The van der Waals surface area contributed by atoms with Crippen LogP contribution in [0.1, 0.15) is 24.8 Å². The van der Waals surface area contributed by atoms with Gasteiger partial charge in [-0.25, -0.2) is 0 Å². The molecule has 3 rings (SSSR count). The van der Waals surface area contributed by atoms with E-state index in [-0.39, 0.29) is 5.91 Å². The second-order valence-electron chi connectivity index (χ2n) is 5.34. The van der Waals surface area contributed by atoms with Gasteiger partial charge in [-0.3, -0.25) is 9.69 Å². The third kappa shape index (κ3) is 2.41. The van der Waals surface area contributed by atoms with Crippen LogP contribution < -0.4 is 5.32 Å². The summed E-state index contributed by atoms with van der Waals surface area (Å²) in [6, 6.07) is 11.6. The number of amides is 1. The van der Waals surface area contributed by atoms with Crippen LogP contribution in [0.5, 0.6) is 0 Å². The van der Waals surface area contributed by atoms with Gasteiger partial charge in [-0.1, -0.05) is 30.3 Å². The van der Waals surface area contributed by atoms with Crippen molar-refractivity contribution >= 4 is 5.91 Å². The van der Waals surface area contributed by atoms with Crippen LogP contribution in [-0.2, 0) is 11.2 Å². The van der Waals surface area contributed by atoms with Crippen molar-refractivity contribution in [3.8, 4) is 0 Å².